The summed E-state index contributed by atoms with van der Waals surface area (Å²) in [5.41, 5.74) is 1.72. The minimum Gasteiger partial charge on any atom is -0.481 e. The van der Waals surface area contributed by atoms with Gasteiger partial charge in [-0.05, 0) is 11.1 Å². The highest BCUT2D eigenvalue weighted by atomic mass is 16.4. The maximum absolute atomic E-state index is 10.4. The molecule has 14 heavy (non-hydrogen) atoms. The molecular formula is C11H10O3. The van der Waals surface area contributed by atoms with E-state index in [1.807, 2.05) is 18.2 Å². The summed E-state index contributed by atoms with van der Waals surface area (Å²) in [6, 6.07) is 7.12. The van der Waals surface area contributed by atoms with Crippen molar-refractivity contribution in [3.05, 3.63) is 35.4 Å². The van der Waals surface area contributed by atoms with Gasteiger partial charge in [0.05, 0.1) is 6.42 Å². The highest BCUT2D eigenvalue weighted by Gasteiger charge is 1.99. The van der Waals surface area contributed by atoms with Gasteiger partial charge in [-0.3, -0.25) is 4.79 Å². The summed E-state index contributed by atoms with van der Waals surface area (Å²) in [5, 5.41) is 16.8. The van der Waals surface area contributed by atoms with Crippen molar-refractivity contribution >= 4 is 5.97 Å². The fourth-order valence-corrected chi connectivity index (χ4v) is 1.09. The van der Waals surface area contributed by atoms with Crippen LogP contribution in [0.25, 0.3) is 0 Å². The van der Waals surface area contributed by atoms with Crippen LogP contribution in [-0.4, -0.2) is 16.2 Å². The summed E-state index contributed by atoms with van der Waals surface area (Å²) in [6.45, 7) is 0. The predicted molar refractivity (Wildman–Crippen MR) is 51.2 cm³/mol. The van der Waals surface area contributed by atoms with Crippen LogP contribution in [0.1, 0.15) is 11.1 Å². The second-order valence-electron chi connectivity index (χ2n) is 2.85. The number of aliphatic hydroxyl groups is 1. The lowest BCUT2D eigenvalue weighted by Gasteiger charge is -1.98. The summed E-state index contributed by atoms with van der Waals surface area (Å²) >= 11 is 0. The molecule has 0 bridgehead atoms. The first-order valence-electron chi connectivity index (χ1n) is 4.14. The molecule has 1 aromatic rings. The van der Waals surface area contributed by atoms with Crippen molar-refractivity contribution < 1.29 is 15.0 Å². The standard InChI is InChI=1S/C11H10O3/c12-7-1-2-9-3-5-10(6-4-9)8-11(13)14/h3-6,12H,2,8H2,(H,13,14). The first kappa shape index (κ1) is 10.1. The average Bonchev–Trinajstić information content (AvgIpc) is 2.16. The summed E-state index contributed by atoms with van der Waals surface area (Å²) in [7, 11) is 0. The summed E-state index contributed by atoms with van der Waals surface area (Å²) < 4.78 is 0. The molecule has 0 aromatic heterocycles. The zero-order chi connectivity index (χ0) is 10.4. The van der Waals surface area contributed by atoms with Crippen LogP contribution >= 0.6 is 0 Å². The lowest BCUT2D eigenvalue weighted by Crippen LogP contribution is -1.99. The van der Waals surface area contributed by atoms with E-state index in [4.69, 9.17) is 10.2 Å². The van der Waals surface area contributed by atoms with Crippen LogP contribution in [0, 0.1) is 12.0 Å². The first-order chi connectivity index (χ1) is 6.72. The largest absolute Gasteiger partial charge is 0.481 e. The fraction of sp³-hybridized carbons (Fsp3) is 0.182. The number of hydrogen-bond acceptors (Lipinski definition) is 2. The summed E-state index contributed by atoms with van der Waals surface area (Å²) in [6.07, 6.45) is 2.33. The Morgan fingerprint density at radius 1 is 1.21 bits per heavy atom. The average molecular weight is 190 g/mol. The molecule has 0 saturated heterocycles. The zero-order valence-electron chi connectivity index (χ0n) is 7.53. The normalized spacial score (nSPS) is 8.86. The third-order valence-electron chi connectivity index (χ3n) is 1.75. The van der Waals surface area contributed by atoms with Gasteiger partial charge in [-0.2, -0.15) is 0 Å². The van der Waals surface area contributed by atoms with Crippen molar-refractivity contribution in [2.45, 2.75) is 12.8 Å². The van der Waals surface area contributed by atoms with Crippen LogP contribution in [0.3, 0.4) is 0 Å². The Morgan fingerprint density at radius 2 is 1.79 bits per heavy atom. The van der Waals surface area contributed by atoms with Crippen LogP contribution in [0.2, 0.25) is 0 Å². The van der Waals surface area contributed by atoms with Gasteiger partial charge in [0.1, 0.15) is 6.11 Å². The summed E-state index contributed by atoms with van der Waals surface area (Å²) in [4.78, 5) is 10.4. The van der Waals surface area contributed by atoms with Crippen molar-refractivity contribution in [2.24, 2.45) is 0 Å². The van der Waals surface area contributed by atoms with E-state index in [1.54, 1.807) is 12.1 Å². The Labute approximate surface area is 82.0 Å². The van der Waals surface area contributed by atoms with E-state index < -0.39 is 5.97 Å². The van der Waals surface area contributed by atoms with Crippen LogP contribution in [0.15, 0.2) is 24.3 Å². The number of carboxylic acids is 1. The van der Waals surface area contributed by atoms with Crippen molar-refractivity contribution in [3.63, 3.8) is 0 Å². The van der Waals surface area contributed by atoms with E-state index in [0.717, 1.165) is 11.1 Å². The molecule has 0 fully saturated rings. The lowest BCUT2D eigenvalue weighted by molar-refractivity contribution is -0.136. The molecular weight excluding hydrogens is 180 g/mol. The third-order valence-corrected chi connectivity index (χ3v) is 1.75. The quantitative estimate of drug-likeness (QED) is 0.704. The Kier molecular flexibility index (Phi) is 3.57. The van der Waals surface area contributed by atoms with Crippen molar-refractivity contribution in [1.82, 2.24) is 0 Å². The molecule has 0 aliphatic heterocycles. The van der Waals surface area contributed by atoms with E-state index in [1.165, 1.54) is 0 Å². The first-order valence-corrected chi connectivity index (χ1v) is 4.14. The number of carboxylic acid groups (broad SMARTS) is 1. The van der Waals surface area contributed by atoms with Gasteiger partial charge in [0.25, 0.3) is 0 Å². The van der Waals surface area contributed by atoms with Crippen molar-refractivity contribution in [2.75, 3.05) is 0 Å². The lowest BCUT2D eigenvalue weighted by atomic mass is 10.1. The van der Waals surface area contributed by atoms with Crippen molar-refractivity contribution in [3.8, 4) is 12.0 Å². The van der Waals surface area contributed by atoms with Gasteiger partial charge < -0.3 is 10.2 Å². The van der Waals surface area contributed by atoms with E-state index in [9.17, 15) is 4.79 Å². The number of hydrogen-bond donors (Lipinski definition) is 2. The second kappa shape index (κ2) is 4.93. The molecule has 0 atom stereocenters. The Balaban J connectivity index is 2.66. The molecule has 0 amide bonds. The zero-order valence-corrected chi connectivity index (χ0v) is 7.53. The minimum absolute atomic E-state index is 0.0337. The van der Waals surface area contributed by atoms with E-state index in [2.05, 4.69) is 5.92 Å². The topological polar surface area (TPSA) is 57.5 Å². The highest BCUT2D eigenvalue weighted by molar-refractivity contribution is 5.70. The summed E-state index contributed by atoms with van der Waals surface area (Å²) in [5.74, 6) is 1.67. The molecule has 0 aliphatic carbocycles. The number of carbonyl (C=O) groups is 1. The molecule has 1 rings (SSSR count). The molecule has 3 heteroatoms. The molecule has 72 valence electrons. The van der Waals surface area contributed by atoms with Crippen molar-refractivity contribution in [1.29, 1.82) is 0 Å². The SMILES string of the molecule is O=C(O)Cc1ccc(CC#CO)cc1. The van der Waals surface area contributed by atoms with Crippen LogP contribution in [-0.2, 0) is 17.6 Å². The minimum atomic E-state index is -0.840. The second-order valence-corrected chi connectivity index (χ2v) is 2.85. The molecule has 3 nitrogen and oxygen atoms in total. The van der Waals surface area contributed by atoms with Crippen LogP contribution < -0.4 is 0 Å². The molecule has 2 N–H and O–H groups in total. The van der Waals surface area contributed by atoms with E-state index in [0.29, 0.717) is 6.42 Å². The maximum atomic E-state index is 10.4. The number of benzene rings is 1. The molecule has 0 saturated carbocycles. The number of aliphatic carboxylic acids is 1. The maximum Gasteiger partial charge on any atom is 0.307 e. The van der Waals surface area contributed by atoms with Gasteiger partial charge in [0, 0.05) is 6.42 Å². The molecule has 0 unspecified atom stereocenters. The fourth-order valence-electron chi connectivity index (χ4n) is 1.09. The number of aliphatic hydroxyl groups excluding tert-OH is 1. The molecule has 1 aromatic carbocycles. The van der Waals surface area contributed by atoms with Gasteiger partial charge >= 0.3 is 5.97 Å². The molecule has 0 aliphatic rings. The van der Waals surface area contributed by atoms with Gasteiger partial charge in [0.15, 0.2) is 0 Å². The molecule has 0 radical (unpaired) electrons. The van der Waals surface area contributed by atoms with Crippen LogP contribution in [0.5, 0.6) is 0 Å². The predicted octanol–water partition coefficient (Wildman–Crippen LogP) is 1.19. The molecule has 0 heterocycles. The van der Waals surface area contributed by atoms with Crippen LogP contribution in [0.4, 0.5) is 0 Å². The molecule has 0 spiro atoms. The van der Waals surface area contributed by atoms with Gasteiger partial charge in [0.2, 0.25) is 0 Å². The Morgan fingerprint density at radius 3 is 2.29 bits per heavy atom. The third kappa shape index (κ3) is 3.20. The Hall–Kier alpha value is -1.95. The smallest absolute Gasteiger partial charge is 0.307 e. The monoisotopic (exact) mass is 190 g/mol. The van der Waals surface area contributed by atoms with Gasteiger partial charge in [-0.15, -0.1) is 0 Å². The van der Waals surface area contributed by atoms with Gasteiger partial charge in [-0.1, -0.05) is 30.2 Å². The Bertz CT molecular complexity index is 368. The van der Waals surface area contributed by atoms with Gasteiger partial charge in [-0.25, -0.2) is 0 Å². The highest BCUT2D eigenvalue weighted by Crippen LogP contribution is 2.05. The van der Waals surface area contributed by atoms with E-state index >= 15 is 0 Å². The number of rotatable bonds is 3. The van der Waals surface area contributed by atoms with E-state index in [-0.39, 0.29) is 6.42 Å².